The van der Waals surface area contributed by atoms with Crippen LogP contribution in [0.15, 0.2) is 35.5 Å². The van der Waals surface area contributed by atoms with Crippen molar-refractivity contribution in [1.82, 2.24) is 15.2 Å². The molecule has 2 N–H and O–H groups in total. The van der Waals surface area contributed by atoms with Crippen LogP contribution in [0.3, 0.4) is 0 Å². The van der Waals surface area contributed by atoms with Crippen LogP contribution in [0.5, 0.6) is 0 Å². The number of H-pyrrole nitrogens is 1. The first-order valence-electron chi connectivity index (χ1n) is 9.85. The van der Waals surface area contributed by atoms with Gasteiger partial charge in [0.05, 0.1) is 29.7 Å². The number of aromatic amines is 1. The average molecular weight is 445 g/mol. The van der Waals surface area contributed by atoms with E-state index >= 15 is 0 Å². The van der Waals surface area contributed by atoms with E-state index in [1.807, 2.05) is 19.9 Å². The predicted octanol–water partition coefficient (Wildman–Crippen LogP) is 4.52. The Kier molecular flexibility index (Phi) is 4.86. The topological polar surface area (TPSA) is 78.4 Å². The quantitative estimate of drug-likeness (QED) is 0.607. The molecule has 0 aliphatic carbocycles. The molecule has 10 heteroatoms. The molecule has 3 aromatic rings. The van der Waals surface area contributed by atoms with Gasteiger partial charge < -0.3 is 15.0 Å². The Bertz CT molecular complexity index is 1170. The van der Waals surface area contributed by atoms with Gasteiger partial charge >= 0.3 is 0 Å². The first-order chi connectivity index (χ1) is 14.9. The first-order valence-corrected chi connectivity index (χ1v) is 10.2. The molecule has 2 aromatic heterocycles. The van der Waals surface area contributed by atoms with Gasteiger partial charge in [0.25, 0.3) is 0 Å². The molecule has 4 heterocycles. The van der Waals surface area contributed by atoms with Gasteiger partial charge in [-0.15, -0.1) is 0 Å². The van der Waals surface area contributed by atoms with E-state index < -0.39 is 11.6 Å². The lowest BCUT2D eigenvalue weighted by molar-refractivity contribution is -0.00545. The van der Waals surface area contributed by atoms with E-state index in [0.717, 1.165) is 5.82 Å². The van der Waals surface area contributed by atoms with E-state index in [2.05, 4.69) is 30.4 Å². The molecule has 2 aliphatic rings. The summed E-state index contributed by atoms with van der Waals surface area (Å²) in [6, 6.07) is 5.52. The minimum absolute atomic E-state index is 0.0120. The van der Waals surface area contributed by atoms with Gasteiger partial charge in [0.2, 0.25) is 0 Å². The summed E-state index contributed by atoms with van der Waals surface area (Å²) in [6.45, 7) is 5.42. The third kappa shape index (κ3) is 3.53. The molecule has 0 radical (unpaired) electrons. The molecular weight excluding hydrogens is 426 g/mol. The molecule has 0 spiro atoms. The molecule has 160 valence electrons. The molecule has 2 aliphatic heterocycles. The Hall–Kier alpha value is -3.04. The van der Waals surface area contributed by atoms with Gasteiger partial charge in [-0.3, -0.25) is 5.10 Å². The average Bonchev–Trinajstić information content (AvgIpc) is 2.99. The van der Waals surface area contributed by atoms with Crippen LogP contribution in [-0.4, -0.2) is 46.3 Å². The summed E-state index contributed by atoms with van der Waals surface area (Å²) in [4.78, 5) is 11.1. The maximum atomic E-state index is 14.5. The number of aliphatic imine (C=N–C) groups is 1. The zero-order chi connectivity index (χ0) is 21.7. The van der Waals surface area contributed by atoms with Crippen LogP contribution in [0.2, 0.25) is 5.15 Å². The van der Waals surface area contributed by atoms with Crippen molar-refractivity contribution in [2.45, 2.75) is 26.1 Å². The SMILES string of the molecule is C[C@H]1CN(c2cc3c(cn2)NC(c2c(F)cccc2F)=Nc2c-3n[nH]c2Cl)C[C@H](C)O1. The van der Waals surface area contributed by atoms with Crippen LogP contribution in [0.1, 0.15) is 19.4 Å². The minimum atomic E-state index is -0.739. The van der Waals surface area contributed by atoms with Gasteiger partial charge in [-0.1, -0.05) is 17.7 Å². The molecule has 0 amide bonds. The smallest absolute Gasteiger partial charge is 0.150 e. The van der Waals surface area contributed by atoms with Crippen molar-refractivity contribution in [2.24, 2.45) is 4.99 Å². The number of hydrogen-bond acceptors (Lipinski definition) is 6. The third-order valence-electron chi connectivity index (χ3n) is 5.26. The molecule has 0 bridgehead atoms. The van der Waals surface area contributed by atoms with Crippen LogP contribution in [0.25, 0.3) is 11.3 Å². The fraction of sp³-hybridized carbons (Fsp3) is 0.286. The highest BCUT2D eigenvalue weighted by molar-refractivity contribution is 6.33. The number of benzene rings is 1. The maximum absolute atomic E-state index is 14.5. The van der Waals surface area contributed by atoms with Gasteiger partial charge in [-0.25, -0.2) is 18.8 Å². The number of aromatic nitrogens is 3. The molecular formula is C21H19ClF2N6O. The number of hydrogen-bond donors (Lipinski definition) is 2. The van der Waals surface area contributed by atoms with Crippen molar-refractivity contribution < 1.29 is 13.5 Å². The van der Waals surface area contributed by atoms with Crippen LogP contribution < -0.4 is 10.2 Å². The van der Waals surface area contributed by atoms with Gasteiger partial charge in [0, 0.05) is 18.7 Å². The summed E-state index contributed by atoms with van der Waals surface area (Å²) in [5.41, 5.74) is 1.68. The first kappa shape index (κ1) is 19.9. The van der Waals surface area contributed by atoms with Crippen LogP contribution in [-0.2, 0) is 4.74 Å². The lowest BCUT2D eigenvalue weighted by atomic mass is 10.1. The number of halogens is 3. The third-order valence-corrected chi connectivity index (χ3v) is 5.53. The Labute approximate surface area is 182 Å². The highest BCUT2D eigenvalue weighted by Gasteiger charge is 2.28. The minimum Gasteiger partial charge on any atom is -0.372 e. The summed E-state index contributed by atoms with van der Waals surface area (Å²) in [6.07, 6.45) is 1.75. The number of nitrogens with zero attached hydrogens (tertiary/aromatic N) is 4. The van der Waals surface area contributed by atoms with E-state index in [9.17, 15) is 8.78 Å². The largest absolute Gasteiger partial charge is 0.372 e. The second kappa shape index (κ2) is 7.58. The summed E-state index contributed by atoms with van der Waals surface area (Å²) in [7, 11) is 0. The molecule has 31 heavy (non-hydrogen) atoms. The number of morpholine rings is 1. The summed E-state index contributed by atoms with van der Waals surface area (Å²) >= 11 is 6.27. The number of fused-ring (bicyclic) bond motifs is 3. The molecule has 1 saturated heterocycles. The van der Waals surface area contributed by atoms with Gasteiger partial charge in [0.1, 0.15) is 34.7 Å². The fourth-order valence-corrected chi connectivity index (χ4v) is 4.17. The number of anilines is 2. The lowest BCUT2D eigenvalue weighted by Gasteiger charge is -2.36. The highest BCUT2D eigenvalue weighted by Crippen LogP contribution is 2.42. The van der Waals surface area contributed by atoms with Crippen molar-refractivity contribution in [2.75, 3.05) is 23.3 Å². The highest BCUT2D eigenvalue weighted by atomic mass is 35.5. The number of nitrogens with one attached hydrogen (secondary N) is 2. The van der Waals surface area contributed by atoms with Crippen molar-refractivity contribution >= 4 is 34.6 Å². The van der Waals surface area contributed by atoms with Crippen LogP contribution in [0.4, 0.5) is 26.0 Å². The molecule has 0 saturated carbocycles. The van der Waals surface area contributed by atoms with Crippen molar-refractivity contribution in [3.8, 4) is 11.3 Å². The zero-order valence-corrected chi connectivity index (χ0v) is 17.5. The number of amidine groups is 1. The monoisotopic (exact) mass is 444 g/mol. The van der Waals surface area contributed by atoms with E-state index in [4.69, 9.17) is 16.3 Å². The lowest BCUT2D eigenvalue weighted by Crippen LogP contribution is -2.45. The van der Waals surface area contributed by atoms with Gasteiger partial charge in [-0.2, -0.15) is 5.10 Å². The second-order valence-electron chi connectivity index (χ2n) is 7.67. The molecule has 5 rings (SSSR count). The zero-order valence-electron chi connectivity index (χ0n) is 16.8. The van der Waals surface area contributed by atoms with Gasteiger partial charge in [0.15, 0.2) is 5.15 Å². The Morgan fingerprint density at radius 3 is 2.58 bits per heavy atom. The van der Waals surface area contributed by atoms with E-state index in [1.54, 1.807) is 6.20 Å². The number of rotatable bonds is 2. The molecule has 1 fully saturated rings. The molecule has 2 atom stereocenters. The molecule has 1 aromatic carbocycles. The predicted molar refractivity (Wildman–Crippen MR) is 115 cm³/mol. The van der Waals surface area contributed by atoms with E-state index in [-0.39, 0.29) is 28.8 Å². The van der Waals surface area contributed by atoms with Crippen molar-refractivity contribution in [1.29, 1.82) is 0 Å². The normalized spacial score (nSPS) is 20.4. The second-order valence-corrected chi connectivity index (χ2v) is 8.05. The Morgan fingerprint density at radius 2 is 1.87 bits per heavy atom. The number of pyridine rings is 1. The molecule has 7 nitrogen and oxygen atoms in total. The Morgan fingerprint density at radius 1 is 1.16 bits per heavy atom. The standard InChI is InChI=1S/C21H19ClF2N6O/c1-10-8-30(9-11(2)31-10)16-6-12-15(7-25-16)26-21(17-13(23)4-3-5-14(17)24)27-19-18(12)28-29-20(19)22/h3-7,10-11H,8-9H2,1-2H3,(H,26,27)(H,28,29)/t10-,11-/m0/s1. The summed E-state index contributed by atoms with van der Waals surface area (Å²) in [5, 5.41) is 10.2. The van der Waals surface area contributed by atoms with Crippen LogP contribution >= 0.6 is 11.6 Å². The summed E-state index contributed by atoms with van der Waals surface area (Å²) in [5.74, 6) is -0.747. The fourth-order valence-electron chi connectivity index (χ4n) is 3.99. The van der Waals surface area contributed by atoms with E-state index in [0.29, 0.717) is 35.7 Å². The molecule has 0 unspecified atom stereocenters. The number of ether oxygens (including phenoxy) is 1. The van der Waals surface area contributed by atoms with Crippen molar-refractivity contribution in [3.63, 3.8) is 0 Å². The van der Waals surface area contributed by atoms with Crippen molar-refractivity contribution in [3.05, 3.63) is 52.8 Å². The Balaban J connectivity index is 1.63. The van der Waals surface area contributed by atoms with Crippen LogP contribution in [0, 0.1) is 11.6 Å². The maximum Gasteiger partial charge on any atom is 0.150 e. The van der Waals surface area contributed by atoms with E-state index in [1.165, 1.54) is 18.2 Å². The van der Waals surface area contributed by atoms with Gasteiger partial charge in [-0.05, 0) is 32.0 Å². The summed E-state index contributed by atoms with van der Waals surface area (Å²) < 4.78 is 34.8.